The number of rotatable bonds is 6. The second-order valence-corrected chi connectivity index (χ2v) is 7.76. The van der Waals surface area contributed by atoms with Crippen LogP contribution in [0.2, 0.25) is 0 Å². The largest absolute Gasteiger partial charge is 0.494 e. The molecular formula is C20H18N6O4S. The highest BCUT2D eigenvalue weighted by atomic mass is 32.2. The Labute approximate surface area is 181 Å². The van der Waals surface area contributed by atoms with Gasteiger partial charge in [-0.3, -0.25) is 19.3 Å². The summed E-state index contributed by atoms with van der Waals surface area (Å²) in [5.41, 5.74) is 2.71. The highest BCUT2D eigenvalue weighted by Crippen LogP contribution is 2.28. The number of thioether (sulfide) groups is 1. The van der Waals surface area contributed by atoms with E-state index >= 15 is 0 Å². The molecule has 0 spiro atoms. The lowest BCUT2D eigenvalue weighted by Gasteiger charge is -2.10. The molecule has 4 rings (SSSR count). The number of tetrazole rings is 1. The van der Waals surface area contributed by atoms with Gasteiger partial charge in [-0.05, 0) is 53.2 Å². The van der Waals surface area contributed by atoms with Gasteiger partial charge in [0, 0.05) is 12.7 Å². The molecule has 0 unspecified atom stereocenters. The Morgan fingerprint density at radius 1 is 1.13 bits per heavy atom. The molecule has 1 aliphatic heterocycles. The van der Waals surface area contributed by atoms with Crippen molar-refractivity contribution >= 4 is 35.2 Å². The van der Waals surface area contributed by atoms with Crippen molar-refractivity contribution in [1.29, 1.82) is 0 Å². The first-order valence-electron chi connectivity index (χ1n) is 9.21. The number of carbonyl (C=O) groups is 3. The third-order valence-corrected chi connectivity index (χ3v) is 5.63. The average Bonchev–Trinajstić information content (AvgIpc) is 3.31. The smallest absolute Gasteiger partial charge is 0.261 e. The third kappa shape index (κ3) is 3.87. The second kappa shape index (κ2) is 8.19. The number of anilines is 1. The lowest BCUT2D eigenvalue weighted by atomic mass is 10.1. The van der Waals surface area contributed by atoms with Crippen LogP contribution in [-0.2, 0) is 4.79 Å². The molecule has 3 aromatic rings. The molecule has 1 aromatic heterocycles. The topological polar surface area (TPSA) is 119 Å². The fourth-order valence-corrected chi connectivity index (χ4v) is 3.84. The first-order chi connectivity index (χ1) is 14.9. The van der Waals surface area contributed by atoms with E-state index < -0.39 is 5.91 Å². The highest BCUT2D eigenvalue weighted by molar-refractivity contribution is 7.99. The number of hydrogen-bond acceptors (Lipinski definition) is 8. The Morgan fingerprint density at radius 3 is 2.68 bits per heavy atom. The molecule has 2 heterocycles. The van der Waals surface area contributed by atoms with E-state index in [-0.39, 0.29) is 23.1 Å². The van der Waals surface area contributed by atoms with Crippen molar-refractivity contribution in [1.82, 2.24) is 25.1 Å². The molecule has 0 saturated carbocycles. The van der Waals surface area contributed by atoms with Gasteiger partial charge in [-0.2, -0.15) is 4.68 Å². The summed E-state index contributed by atoms with van der Waals surface area (Å²) < 4.78 is 6.90. The number of nitrogens with one attached hydrogen (secondary N) is 1. The fourth-order valence-electron chi connectivity index (χ4n) is 3.15. The van der Waals surface area contributed by atoms with Crippen molar-refractivity contribution in [2.24, 2.45) is 0 Å². The lowest BCUT2D eigenvalue weighted by Crippen LogP contribution is -2.24. The number of aryl methyl sites for hydroxylation is 1. The van der Waals surface area contributed by atoms with E-state index in [0.717, 1.165) is 22.2 Å². The molecule has 10 nitrogen and oxygen atoms in total. The molecule has 0 fully saturated rings. The van der Waals surface area contributed by atoms with E-state index in [2.05, 4.69) is 20.8 Å². The molecule has 158 valence electrons. The van der Waals surface area contributed by atoms with Crippen molar-refractivity contribution in [2.45, 2.75) is 12.1 Å². The number of imide groups is 1. The first kappa shape index (κ1) is 20.5. The Bertz CT molecular complexity index is 1210. The van der Waals surface area contributed by atoms with Gasteiger partial charge >= 0.3 is 0 Å². The standard InChI is InChI=1S/C20H18N6O4S/c1-11-4-7-16(30-3)15(8-11)26-20(22-23-24-26)31-10-17(27)21-12-5-6-13-14(9-12)19(29)25(2)18(13)28/h4-9H,10H2,1-3H3,(H,21,27). The van der Waals surface area contributed by atoms with E-state index in [1.807, 2.05) is 25.1 Å². The van der Waals surface area contributed by atoms with Crippen LogP contribution in [0.4, 0.5) is 5.69 Å². The zero-order valence-electron chi connectivity index (χ0n) is 16.9. The highest BCUT2D eigenvalue weighted by Gasteiger charge is 2.32. The van der Waals surface area contributed by atoms with Crippen molar-refractivity contribution in [3.63, 3.8) is 0 Å². The lowest BCUT2D eigenvalue weighted by molar-refractivity contribution is -0.113. The predicted molar refractivity (Wildman–Crippen MR) is 113 cm³/mol. The van der Waals surface area contributed by atoms with Crippen LogP contribution in [0.3, 0.4) is 0 Å². The average molecular weight is 438 g/mol. The molecule has 0 radical (unpaired) electrons. The van der Waals surface area contributed by atoms with Gasteiger partial charge in [-0.25, -0.2) is 0 Å². The van der Waals surface area contributed by atoms with Crippen LogP contribution in [0.5, 0.6) is 5.75 Å². The van der Waals surface area contributed by atoms with Gasteiger partial charge in [0.2, 0.25) is 11.1 Å². The number of methoxy groups -OCH3 is 1. The summed E-state index contributed by atoms with van der Waals surface area (Å²) in [6, 6.07) is 10.3. The molecule has 11 heteroatoms. The molecule has 1 aliphatic rings. The molecule has 0 aliphatic carbocycles. The van der Waals surface area contributed by atoms with Crippen molar-refractivity contribution < 1.29 is 19.1 Å². The molecule has 2 aromatic carbocycles. The van der Waals surface area contributed by atoms with Crippen molar-refractivity contribution in [3.05, 3.63) is 53.1 Å². The summed E-state index contributed by atoms with van der Waals surface area (Å²) >= 11 is 1.16. The van der Waals surface area contributed by atoms with Crippen LogP contribution in [0.1, 0.15) is 26.3 Å². The Morgan fingerprint density at radius 2 is 1.90 bits per heavy atom. The van der Waals surface area contributed by atoms with Crippen LogP contribution < -0.4 is 10.1 Å². The van der Waals surface area contributed by atoms with Gasteiger partial charge in [-0.15, -0.1) is 5.10 Å². The maximum Gasteiger partial charge on any atom is 0.261 e. The predicted octanol–water partition coefficient (Wildman–Crippen LogP) is 1.94. The maximum atomic E-state index is 12.4. The summed E-state index contributed by atoms with van der Waals surface area (Å²) in [4.78, 5) is 37.6. The molecule has 31 heavy (non-hydrogen) atoms. The van der Waals surface area contributed by atoms with E-state index in [1.54, 1.807) is 13.2 Å². The number of benzene rings is 2. The summed E-state index contributed by atoms with van der Waals surface area (Å²) in [6.07, 6.45) is 0. The van der Waals surface area contributed by atoms with Gasteiger partial charge in [0.05, 0.1) is 24.0 Å². The monoisotopic (exact) mass is 438 g/mol. The van der Waals surface area contributed by atoms with Crippen LogP contribution in [0.15, 0.2) is 41.6 Å². The number of aromatic nitrogens is 4. The number of amides is 3. The summed E-state index contributed by atoms with van der Waals surface area (Å²) in [6.45, 7) is 1.94. The molecule has 3 amide bonds. The number of fused-ring (bicyclic) bond motifs is 1. The Hall–Kier alpha value is -3.73. The van der Waals surface area contributed by atoms with E-state index in [0.29, 0.717) is 27.8 Å². The van der Waals surface area contributed by atoms with Crippen molar-refractivity contribution in [3.8, 4) is 11.4 Å². The van der Waals surface area contributed by atoms with Gasteiger partial charge in [-0.1, -0.05) is 17.8 Å². The summed E-state index contributed by atoms with van der Waals surface area (Å²) in [5.74, 6) is -0.408. The van der Waals surface area contributed by atoms with Gasteiger partial charge in [0.1, 0.15) is 11.4 Å². The Kier molecular flexibility index (Phi) is 5.42. The zero-order chi connectivity index (χ0) is 22.1. The molecule has 1 N–H and O–H groups in total. The van der Waals surface area contributed by atoms with Crippen LogP contribution in [0.25, 0.3) is 5.69 Å². The minimum Gasteiger partial charge on any atom is -0.494 e. The molecule has 0 saturated heterocycles. The Balaban J connectivity index is 1.46. The SMILES string of the molecule is COc1ccc(C)cc1-n1nnnc1SCC(=O)Nc1ccc2c(c1)C(=O)N(C)C2=O. The van der Waals surface area contributed by atoms with Crippen LogP contribution in [0, 0.1) is 6.92 Å². The number of ether oxygens (including phenoxy) is 1. The van der Waals surface area contributed by atoms with Gasteiger partial charge < -0.3 is 10.1 Å². The van der Waals surface area contributed by atoms with Gasteiger partial charge in [0.15, 0.2) is 0 Å². The second-order valence-electron chi connectivity index (χ2n) is 6.82. The number of nitrogens with zero attached hydrogens (tertiary/aromatic N) is 5. The van der Waals surface area contributed by atoms with E-state index in [4.69, 9.17) is 4.74 Å². The van der Waals surface area contributed by atoms with Crippen LogP contribution in [-0.4, -0.2) is 62.7 Å². The zero-order valence-corrected chi connectivity index (χ0v) is 17.8. The van der Waals surface area contributed by atoms with Crippen LogP contribution >= 0.6 is 11.8 Å². The number of carbonyl (C=O) groups excluding carboxylic acids is 3. The minimum absolute atomic E-state index is 0.0400. The number of hydrogen-bond donors (Lipinski definition) is 1. The maximum absolute atomic E-state index is 12.4. The van der Waals surface area contributed by atoms with E-state index in [1.165, 1.54) is 23.9 Å². The quantitative estimate of drug-likeness (QED) is 0.458. The molecular weight excluding hydrogens is 420 g/mol. The normalized spacial score (nSPS) is 12.8. The molecule has 0 atom stereocenters. The summed E-state index contributed by atoms with van der Waals surface area (Å²) in [7, 11) is 2.98. The fraction of sp³-hybridized carbons (Fsp3) is 0.200. The van der Waals surface area contributed by atoms with Gasteiger partial charge in [0.25, 0.3) is 11.8 Å². The summed E-state index contributed by atoms with van der Waals surface area (Å²) in [5, 5.41) is 14.9. The van der Waals surface area contributed by atoms with Crippen molar-refractivity contribution in [2.75, 3.05) is 25.2 Å². The first-order valence-corrected chi connectivity index (χ1v) is 10.2. The minimum atomic E-state index is -0.392. The molecule has 0 bridgehead atoms. The third-order valence-electron chi connectivity index (χ3n) is 4.71. The van der Waals surface area contributed by atoms with E-state index in [9.17, 15) is 14.4 Å².